The first-order valence-corrected chi connectivity index (χ1v) is 8.11. The molecule has 2 aromatic carbocycles. The average Bonchev–Trinajstić information content (AvgIpc) is 2.66. The van der Waals surface area contributed by atoms with E-state index in [9.17, 15) is 0 Å². The summed E-state index contributed by atoms with van der Waals surface area (Å²) in [5.41, 5.74) is 2.00. The molecule has 0 saturated carbocycles. The van der Waals surface area contributed by atoms with Gasteiger partial charge in [-0.15, -0.1) is 24.0 Å². The molecular formula is C19H26IN3O3. The number of rotatable bonds is 7. The molecule has 0 amide bonds. The second-order valence-electron chi connectivity index (χ2n) is 5.20. The number of ether oxygens (including phenoxy) is 3. The summed E-state index contributed by atoms with van der Waals surface area (Å²) in [4.78, 5) is 4.24. The number of benzene rings is 2. The van der Waals surface area contributed by atoms with Crippen LogP contribution in [0.1, 0.15) is 12.5 Å². The van der Waals surface area contributed by atoms with Gasteiger partial charge in [0.15, 0.2) is 17.5 Å². The molecule has 0 saturated heterocycles. The number of aliphatic imine (C=N–C) groups is 1. The summed E-state index contributed by atoms with van der Waals surface area (Å²) >= 11 is 0. The molecule has 142 valence electrons. The second-order valence-corrected chi connectivity index (χ2v) is 5.20. The Balaban J connectivity index is 0.00000338. The van der Waals surface area contributed by atoms with Gasteiger partial charge in [-0.2, -0.15) is 0 Å². The molecule has 0 fully saturated rings. The molecule has 0 unspecified atom stereocenters. The molecule has 0 atom stereocenters. The summed E-state index contributed by atoms with van der Waals surface area (Å²) in [5.74, 6) is 2.91. The lowest BCUT2D eigenvalue weighted by Crippen LogP contribution is -2.30. The van der Waals surface area contributed by atoms with Gasteiger partial charge in [-0.05, 0) is 36.8 Å². The van der Waals surface area contributed by atoms with Crippen molar-refractivity contribution in [3.63, 3.8) is 0 Å². The standard InChI is InChI=1S/C19H25N3O3.HI/c1-5-25-17-11-8-15(12-18(17)24-4)22-19(20-2)21-13-14-6-9-16(23-3)10-7-14;/h6-12H,5,13H2,1-4H3,(H2,20,21,22);1H. The van der Waals surface area contributed by atoms with Crippen LogP contribution < -0.4 is 24.8 Å². The van der Waals surface area contributed by atoms with Crippen LogP contribution in [0.15, 0.2) is 47.5 Å². The van der Waals surface area contributed by atoms with Crippen molar-refractivity contribution < 1.29 is 14.2 Å². The van der Waals surface area contributed by atoms with Crippen LogP contribution in [-0.4, -0.2) is 33.8 Å². The Bertz CT molecular complexity index is 706. The zero-order valence-electron chi connectivity index (χ0n) is 15.5. The number of anilines is 1. The van der Waals surface area contributed by atoms with Crippen LogP contribution in [0.5, 0.6) is 17.2 Å². The lowest BCUT2D eigenvalue weighted by molar-refractivity contribution is 0.311. The number of nitrogens with zero attached hydrogens (tertiary/aromatic N) is 1. The van der Waals surface area contributed by atoms with Gasteiger partial charge >= 0.3 is 0 Å². The topological polar surface area (TPSA) is 64.1 Å². The molecule has 0 heterocycles. The average molecular weight is 471 g/mol. The predicted octanol–water partition coefficient (Wildman–Crippen LogP) is 3.91. The van der Waals surface area contributed by atoms with Crippen molar-refractivity contribution in [2.24, 2.45) is 4.99 Å². The van der Waals surface area contributed by atoms with Crippen molar-refractivity contribution in [2.75, 3.05) is 33.2 Å². The fourth-order valence-corrected chi connectivity index (χ4v) is 2.27. The van der Waals surface area contributed by atoms with E-state index in [0.29, 0.717) is 24.9 Å². The summed E-state index contributed by atoms with van der Waals surface area (Å²) in [6.45, 7) is 3.18. The predicted molar refractivity (Wildman–Crippen MR) is 116 cm³/mol. The lowest BCUT2D eigenvalue weighted by Gasteiger charge is -2.14. The molecule has 26 heavy (non-hydrogen) atoms. The summed E-state index contributed by atoms with van der Waals surface area (Å²) in [6, 6.07) is 13.6. The second kappa shape index (κ2) is 11.5. The first-order valence-electron chi connectivity index (χ1n) is 8.11. The van der Waals surface area contributed by atoms with Crippen molar-refractivity contribution >= 4 is 35.6 Å². The summed E-state index contributed by atoms with van der Waals surface area (Å²) < 4.78 is 16.1. The highest BCUT2D eigenvalue weighted by Gasteiger charge is 2.07. The SMILES string of the molecule is CCOc1ccc(NC(=NC)NCc2ccc(OC)cc2)cc1OC.I. The largest absolute Gasteiger partial charge is 0.497 e. The highest BCUT2D eigenvalue weighted by molar-refractivity contribution is 14.0. The zero-order chi connectivity index (χ0) is 18.1. The van der Waals surface area contributed by atoms with E-state index in [1.54, 1.807) is 21.3 Å². The number of methoxy groups -OCH3 is 2. The molecule has 2 N–H and O–H groups in total. The van der Waals surface area contributed by atoms with Crippen LogP contribution >= 0.6 is 24.0 Å². The Labute approximate surface area is 172 Å². The third kappa shape index (κ3) is 6.29. The first-order chi connectivity index (χ1) is 12.2. The third-order valence-corrected chi connectivity index (χ3v) is 3.57. The fraction of sp³-hybridized carbons (Fsp3) is 0.316. The van der Waals surface area contributed by atoms with Gasteiger partial charge in [0.2, 0.25) is 0 Å². The normalized spacial score (nSPS) is 10.5. The molecule has 0 spiro atoms. The third-order valence-electron chi connectivity index (χ3n) is 3.57. The van der Waals surface area contributed by atoms with Gasteiger partial charge in [-0.3, -0.25) is 4.99 Å². The number of hydrogen-bond acceptors (Lipinski definition) is 4. The van der Waals surface area contributed by atoms with E-state index in [1.807, 2.05) is 49.4 Å². The minimum absolute atomic E-state index is 0. The Morgan fingerprint density at radius 2 is 1.73 bits per heavy atom. The van der Waals surface area contributed by atoms with Gasteiger partial charge in [0, 0.05) is 25.3 Å². The summed E-state index contributed by atoms with van der Waals surface area (Å²) in [5, 5.41) is 6.52. The van der Waals surface area contributed by atoms with Gasteiger partial charge in [0.05, 0.1) is 20.8 Å². The zero-order valence-corrected chi connectivity index (χ0v) is 17.9. The van der Waals surface area contributed by atoms with Gasteiger partial charge < -0.3 is 24.8 Å². The molecule has 2 rings (SSSR count). The van der Waals surface area contributed by atoms with E-state index in [-0.39, 0.29) is 24.0 Å². The minimum atomic E-state index is 0. The van der Waals surface area contributed by atoms with E-state index in [2.05, 4.69) is 15.6 Å². The first kappa shape index (κ1) is 21.9. The number of nitrogens with one attached hydrogen (secondary N) is 2. The summed E-state index contributed by atoms with van der Waals surface area (Å²) in [7, 11) is 5.01. The highest BCUT2D eigenvalue weighted by atomic mass is 127. The van der Waals surface area contributed by atoms with E-state index in [0.717, 1.165) is 22.7 Å². The Kier molecular flexibility index (Phi) is 9.64. The Morgan fingerprint density at radius 1 is 1.00 bits per heavy atom. The minimum Gasteiger partial charge on any atom is -0.497 e. The van der Waals surface area contributed by atoms with Gasteiger partial charge in [0.1, 0.15) is 5.75 Å². The van der Waals surface area contributed by atoms with Gasteiger partial charge in [-0.25, -0.2) is 0 Å². The van der Waals surface area contributed by atoms with Crippen LogP contribution in [-0.2, 0) is 6.54 Å². The van der Waals surface area contributed by atoms with E-state index in [1.165, 1.54) is 0 Å². The fourth-order valence-electron chi connectivity index (χ4n) is 2.27. The van der Waals surface area contributed by atoms with Crippen LogP contribution in [0, 0.1) is 0 Å². The van der Waals surface area contributed by atoms with Crippen LogP contribution in [0.25, 0.3) is 0 Å². The Morgan fingerprint density at radius 3 is 2.31 bits per heavy atom. The number of halogens is 1. The van der Waals surface area contributed by atoms with Gasteiger partial charge in [0.25, 0.3) is 0 Å². The van der Waals surface area contributed by atoms with Crippen LogP contribution in [0.3, 0.4) is 0 Å². The molecule has 6 nitrogen and oxygen atoms in total. The smallest absolute Gasteiger partial charge is 0.195 e. The molecule has 0 aliphatic rings. The van der Waals surface area contributed by atoms with Crippen LogP contribution in [0.4, 0.5) is 5.69 Å². The number of hydrogen-bond donors (Lipinski definition) is 2. The maximum absolute atomic E-state index is 5.53. The number of guanidine groups is 1. The van der Waals surface area contributed by atoms with Crippen molar-refractivity contribution in [1.82, 2.24) is 5.32 Å². The molecule has 0 radical (unpaired) electrons. The van der Waals surface area contributed by atoms with Gasteiger partial charge in [-0.1, -0.05) is 12.1 Å². The quantitative estimate of drug-likeness (QED) is 0.364. The molecular weight excluding hydrogens is 445 g/mol. The lowest BCUT2D eigenvalue weighted by atomic mass is 10.2. The van der Waals surface area contributed by atoms with Crippen LogP contribution in [0.2, 0.25) is 0 Å². The molecule has 7 heteroatoms. The molecule has 0 aliphatic heterocycles. The highest BCUT2D eigenvalue weighted by Crippen LogP contribution is 2.30. The van der Waals surface area contributed by atoms with Crippen molar-refractivity contribution in [2.45, 2.75) is 13.5 Å². The Hall–Kier alpha value is -2.16. The van der Waals surface area contributed by atoms with E-state index >= 15 is 0 Å². The van der Waals surface area contributed by atoms with Crippen molar-refractivity contribution in [3.8, 4) is 17.2 Å². The maximum Gasteiger partial charge on any atom is 0.195 e. The van der Waals surface area contributed by atoms with E-state index in [4.69, 9.17) is 14.2 Å². The monoisotopic (exact) mass is 471 g/mol. The molecule has 0 aliphatic carbocycles. The maximum atomic E-state index is 5.53. The molecule has 0 aromatic heterocycles. The molecule has 0 bridgehead atoms. The van der Waals surface area contributed by atoms with Crippen molar-refractivity contribution in [1.29, 1.82) is 0 Å². The molecule has 2 aromatic rings. The summed E-state index contributed by atoms with van der Waals surface area (Å²) in [6.07, 6.45) is 0. The van der Waals surface area contributed by atoms with Crippen molar-refractivity contribution in [3.05, 3.63) is 48.0 Å². The van der Waals surface area contributed by atoms with E-state index < -0.39 is 0 Å².